The first-order valence-electron chi connectivity index (χ1n) is 3.17. The number of hydrogen-bond donors (Lipinski definition) is 0. The SMILES string of the molecule is [C]=O.[C]=O.[C]=O.[Ru][C]1=CC=CC=CC1. The van der Waals surface area contributed by atoms with Gasteiger partial charge in [-0.3, -0.25) is 14.4 Å². The van der Waals surface area contributed by atoms with E-state index in [-0.39, 0.29) is 0 Å². The van der Waals surface area contributed by atoms with Gasteiger partial charge in [0, 0.05) is 0 Å². The van der Waals surface area contributed by atoms with Crippen molar-refractivity contribution in [2.75, 3.05) is 0 Å². The zero-order valence-corrected chi connectivity index (χ0v) is 8.91. The fraction of sp³-hybridized carbons (Fsp3) is 0.100. The summed E-state index contributed by atoms with van der Waals surface area (Å²) in [4.78, 5) is 22.5. The molecule has 0 saturated heterocycles. The fourth-order valence-corrected chi connectivity index (χ4v) is 0.918. The van der Waals surface area contributed by atoms with Gasteiger partial charge in [-0.05, 0) is 0 Å². The van der Waals surface area contributed by atoms with E-state index in [4.69, 9.17) is 14.4 Å². The Kier molecular flexibility index (Phi) is 30.1. The molecule has 0 aliphatic heterocycles. The summed E-state index contributed by atoms with van der Waals surface area (Å²) in [6, 6.07) is 0. The van der Waals surface area contributed by atoms with Gasteiger partial charge in [0.05, 0.1) is 0 Å². The molecule has 0 aromatic carbocycles. The van der Waals surface area contributed by atoms with Crippen LogP contribution in [-0.2, 0) is 32.7 Å². The van der Waals surface area contributed by atoms with Crippen LogP contribution in [0.15, 0.2) is 34.5 Å². The van der Waals surface area contributed by atoms with Crippen LogP contribution in [0.3, 0.4) is 0 Å². The molecule has 0 aromatic heterocycles. The van der Waals surface area contributed by atoms with E-state index in [1.165, 1.54) is 4.17 Å². The molecule has 3 nitrogen and oxygen atoms in total. The van der Waals surface area contributed by atoms with Crippen molar-refractivity contribution in [1.82, 2.24) is 0 Å². The van der Waals surface area contributed by atoms with Gasteiger partial charge in [-0.25, -0.2) is 0 Å². The van der Waals surface area contributed by atoms with Gasteiger partial charge in [-0.1, -0.05) is 0 Å². The number of hydrogen-bond acceptors (Lipinski definition) is 3. The summed E-state index contributed by atoms with van der Waals surface area (Å²) < 4.78 is 1.36. The summed E-state index contributed by atoms with van der Waals surface area (Å²) in [5.74, 6) is 0. The van der Waals surface area contributed by atoms with Crippen LogP contribution in [0.2, 0.25) is 0 Å². The molecule has 0 unspecified atom stereocenters. The molecule has 0 bridgehead atoms. The Morgan fingerprint density at radius 1 is 0.929 bits per heavy atom. The van der Waals surface area contributed by atoms with Crippen molar-refractivity contribution in [1.29, 1.82) is 0 Å². The van der Waals surface area contributed by atoms with Crippen molar-refractivity contribution in [2.45, 2.75) is 6.42 Å². The van der Waals surface area contributed by atoms with E-state index in [1.807, 2.05) is 6.08 Å². The van der Waals surface area contributed by atoms with Crippen molar-refractivity contribution in [3.63, 3.8) is 0 Å². The minimum absolute atomic E-state index is 1.07. The molecule has 6 radical (unpaired) electrons. The molecular weight excluding hydrogens is 269 g/mol. The summed E-state index contributed by atoms with van der Waals surface area (Å²) >= 11 is 2.61. The van der Waals surface area contributed by atoms with Gasteiger partial charge < -0.3 is 0 Å². The summed E-state index contributed by atoms with van der Waals surface area (Å²) in [5, 5.41) is 0. The zero-order chi connectivity index (χ0) is 11.8. The second kappa shape index (κ2) is 22.6. The van der Waals surface area contributed by atoms with Gasteiger partial charge in [-0.15, -0.1) is 0 Å². The molecule has 1 aliphatic rings. The molecule has 0 heterocycles. The molecule has 1 aliphatic carbocycles. The van der Waals surface area contributed by atoms with Crippen LogP contribution in [0.25, 0.3) is 0 Å². The van der Waals surface area contributed by atoms with Crippen LogP contribution in [0, 0.1) is 0 Å². The number of allylic oxidation sites excluding steroid dienone is 6. The van der Waals surface area contributed by atoms with Crippen LogP contribution in [0.5, 0.6) is 0 Å². The Balaban J connectivity index is -0.000000174. The molecular formula is C10H7O3Ru. The average molecular weight is 276 g/mol. The Hall–Kier alpha value is -1.15. The predicted octanol–water partition coefficient (Wildman–Crippen LogP) is 0.742. The van der Waals surface area contributed by atoms with Crippen molar-refractivity contribution >= 4 is 20.4 Å². The zero-order valence-electron chi connectivity index (χ0n) is 7.17. The Morgan fingerprint density at radius 2 is 1.43 bits per heavy atom. The van der Waals surface area contributed by atoms with Crippen molar-refractivity contribution < 1.29 is 32.7 Å². The quantitative estimate of drug-likeness (QED) is 0.613. The second-order valence-corrected chi connectivity index (χ2v) is 2.73. The maximum absolute atomic E-state index is 7.50. The second-order valence-electron chi connectivity index (χ2n) is 1.62. The van der Waals surface area contributed by atoms with Gasteiger partial charge in [0.2, 0.25) is 0 Å². The van der Waals surface area contributed by atoms with Crippen LogP contribution in [0.1, 0.15) is 6.42 Å². The van der Waals surface area contributed by atoms with Crippen molar-refractivity contribution in [2.24, 2.45) is 0 Å². The molecule has 0 aromatic rings. The third-order valence-corrected chi connectivity index (χ3v) is 1.58. The van der Waals surface area contributed by atoms with E-state index in [0.717, 1.165) is 6.42 Å². The van der Waals surface area contributed by atoms with Gasteiger partial charge >= 0.3 is 59.3 Å². The standard InChI is InChI=1S/C7H7.3CO.Ru/c1-2-4-6-7-5-3-1;3*1-2;/h1-5H,6H2;;;;. The molecule has 0 N–H and O–H groups in total. The fourth-order valence-electron chi connectivity index (χ4n) is 0.546. The molecule has 0 spiro atoms. The summed E-state index contributed by atoms with van der Waals surface area (Å²) in [7, 11) is 0. The van der Waals surface area contributed by atoms with E-state index in [0.29, 0.717) is 0 Å². The van der Waals surface area contributed by atoms with Crippen LogP contribution in [0.4, 0.5) is 0 Å². The minimum atomic E-state index is 1.07. The molecule has 0 amide bonds. The first kappa shape index (κ1) is 18.6. The van der Waals surface area contributed by atoms with Gasteiger partial charge in [0.1, 0.15) is 0 Å². The van der Waals surface area contributed by atoms with E-state index in [2.05, 4.69) is 63.0 Å². The van der Waals surface area contributed by atoms with Crippen LogP contribution < -0.4 is 0 Å². The van der Waals surface area contributed by atoms with Gasteiger partial charge in [0.25, 0.3) is 20.4 Å². The molecule has 0 fully saturated rings. The average Bonchev–Trinajstić information content (AvgIpc) is 2.54. The molecule has 4 heteroatoms. The van der Waals surface area contributed by atoms with Gasteiger partial charge in [-0.2, -0.15) is 0 Å². The predicted molar refractivity (Wildman–Crippen MR) is 48.1 cm³/mol. The molecule has 0 saturated carbocycles. The number of rotatable bonds is 0. The van der Waals surface area contributed by atoms with Gasteiger partial charge in [0.15, 0.2) is 0 Å². The topological polar surface area (TPSA) is 51.2 Å². The maximum atomic E-state index is 7.50. The van der Waals surface area contributed by atoms with E-state index in [1.54, 1.807) is 0 Å². The molecule has 1 rings (SSSR count). The molecule has 0 atom stereocenters. The van der Waals surface area contributed by atoms with Crippen LogP contribution in [-0.4, -0.2) is 20.4 Å². The molecule has 14 heavy (non-hydrogen) atoms. The number of carbonyl (C=O) groups excluding carboxylic acids is 3. The van der Waals surface area contributed by atoms with Crippen molar-refractivity contribution in [3.8, 4) is 0 Å². The first-order chi connectivity index (χ1) is 6.89. The van der Waals surface area contributed by atoms with Crippen molar-refractivity contribution in [3.05, 3.63) is 34.5 Å². The summed E-state index contributed by atoms with van der Waals surface area (Å²) in [6.45, 7) is 13.5. The first-order valence-corrected chi connectivity index (χ1v) is 4.04. The monoisotopic (exact) mass is 277 g/mol. The third-order valence-electron chi connectivity index (χ3n) is 0.939. The normalized spacial score (nSPS) is 11.1. The van der Waals surface area contributed by atoms with E-state index < -0.39 is 0 Å². The Labute approximate surface area is 94.3 Å². The van der Waals surface area contributed by atoms with E-state index >= 15 is 0 Å². The molecule has 73 valence electrons. The van der Waals surface area contributed by atoms with Crippen LogP contribution >= 0.6 is 0 Å². The third kappa shape index (κ3) is 17.1. The summed E-state index contributed by atoms with van der Waals surface area (Å²) in [6.07, 6.45) is 11.5. The van der Waals surface area contributed by atoms with E-state index in [9.17, 15) is 0 Å². The Bertz CT molecular complexity index is 193. The summed E-state index contributed by atoms with van der Waals surface area (Å²) in [5.41, 5.74) is 0. The Morgan fingerprint density at radius 3 is 1.93 bits per heavy atom.